The van der Waals surface area contributed by atoms with Crippen LogP contribution < -0.4 is 10.6 Å². The van der Waals surface area contributed by atoms with E-state index in [4.69, 9.17) is 5.11 Å². The number of aliphatic carboxylic acids is 1. The Morgan fingerprint density at radius 2 is 1.76 bits per heavy atom. The zero-order chi connectivity index (χ0) is 13.1. The Balaban J connectivity index is 2.61. The SMILES string of the molecule is CC(C)(C)NC(=O)NC1(CC(=O)O)CCCC1. The monoisotopic (exact) mass is 242 g/mol. The summed E-state index contributed by atoms with van der Waals surface area (Å²) in [7, 11) is 0. The molecule has 0 spiro atoms. The second-order valence-electron chi connectivity index (χ2n) is 5.89. The second kappa shape index (κ2) is 4.94. The van der Waals surface area contributed by atoms with Gasteiger partial charge >= 0.3 is 12.0 Å². The summed E-state index contributed by atoms with van der Waals surface area (Å²) < 4.78 is 0. The zero-order valence-corrected chi connectivity index (χ0v) is 10.8. The standard InChI is InChI=1S/C12H22N2O3/c1-11(2,3)13-10(17)14-12(8-9(15)16)6-4-5-7-12/h4-8H2,1-3H3,(H,15,16)(H2,13,14,17). The summed E-state index contributed by atoms with van der Waals surface area (Å²) >= 11 is 0. The van der Waals surface area contributed by atoms with Crippen LogP contribution in [0.5, 0.6) is 0 Å². The Morgan fingerprint density at radius 1 is 1.24 bits per heavy atom. The van der Waals surface area contributed by atoms with Gasteiger partial charge in [0.15, 0.2) is 0 Å². The average Bonchev–Trinajstić information content (AvgIpc) is 2.47. The number of rotatable bonds is 3. The van der Waals surface area contributed by atoms with Crippen molar-refractivity contribution in [2.75, 3.05) is 0 Å². The van der Waals surface area contributed by atoms with Gasteiger partial charge in [-0.2, -0.15) is 0 Å². The molecule has 5 heteroatoms. The van der Waals surface area contributed by atoms with Gasteiger partial charge in [-0.3, -0.25) is 4.79 Å². The molecule has 0 heterocycles. The molecule has 0 aromatic carbocycles. The van der Waals surface area contributed by atoms with Crippen LogP contribution in [0.3, 0.4) is 0 Å². The maximum atomic E-state index is 11.8. The summed E-state index contributed by atoms with van der Waals surface area (Å²) in [5, 5.41) is 14.6. The van der Waals surface area contributed by atoms with E-state index in [9.17, 15) is 9.59 Å². The molecule has 0 unspecified atom stereocenters. The highest BCUT2D eigenvalue weighted by Gasteiger charge is 2.37. The number of amides is 2. The zero-order valence-electron chi connectivity index (χ0n) is 10.8. The van der Waals surface area contributed by atoms with Gasteiger partial charge in [-0.05, 0) is 33.6 Å². The number of hydrogen-bond acceptors (Lipinski definition) is 2. The maximum Gasteiger partial charge on any atom is 0.315 e. The Bertz CT molecular complexity index is 301. The van der Waals surface area contributed by atoms with Crippen LogP contribution in [-0.2, 0) is 4.79 Å². The van der Waals surface area contributed by atoms with E-state index in [1.807, 2.05) is 20.8 Å². The summed E-state index contributed by atoms with van der Waals surface area (Å²) in [5.41, 5.74) is -0.867. The van der Waals surface area contributed by atoms with Gasteiger partial charge in [-0.1, -0.05) is 12.8 Å². The van der Waals surface area contributed by atoms with Crippen molar-refractivity contribution >= 4 is 12.0 Å². The summed E-state index contributed by atoms with van der Waals surface area (Å²) in [5.74, 6) is -0.858. The number of carboxylic acids is 1. The lowest BCUT2D eigenvalue weighted by Crippen LogP contribution is -2.55. The first-order chi connectivity index (χ1) is 7.72. The molecule has 0 atom stereocenters. The van der Waals surface area contributed by atoms with Crippen LogP contribution in [0.4, 0.5) is 4.79 Å². The van der Waals surface area contributed by atoms with E-state index in [1.54, 1.807) is 0 Å². The third kappa shape index (κ3) is 4.63. The quantitative estimate of drug-likeness (QED) is 0.707. The van der Waals surface area contributed by atoms with Gasteiger partial charge in [0.05, 0.1) is 12.0 Å². The lowest BCUT2D eigenvalue weighted by molar-refractivity contribution is -0.138. The number of urea groups is 1. The van der Waals surface area contributed by atoms with Crippen LogP contribution in [0, 0.1) is 0 Å². The first-order valence-electron chi connectivity index (χ1n) is 6.05. The molecule has 1 aliphatic rings. The Labute approximate surface area is 102 Å². The van der Waals surface area contributed by atoms with Gasteiger partial charge in [-0.15, -0.1) is 0 Å². The van der Waals surface area contributed by atoms with Crippen molar-refractivity contribution in [2.24, 2.45) is 0 Å². The number of carboxylic acid groups (broad SMARTS) is 1. The molecular weight excluding hydrogens is 220 g/mol. The van der Waals surface area contributed by atoms with E-state index in [0.717, 1.165) is 25.7 Å². The van der Waals surface area contributed by atoms with Gasteiger partial charge in [0.1, 0.15) is 0 Å². The number of carbonyl (C=O) groups is 2. The van der Waals surface area contributed by atoms with Crippen LogP contribution in [0.2, 0.25) is 0 Å². The van der Waals surface area contributed by atoms with Crippen LogP contribution >= 0.6 is 0 Å². The predicted molar refractivity (Wildman–Crippen MR) is 64.9 cm³/mol. The molecule has 0 bridgehead atoms. The fourth-order valence-corrected chi connectivity index (χ4v) is 2.30. The molecule has 1 saturated carbocycles. The molecular formula is C12H22N2O3. The first kappa shape index (κ1) is 13.8. The van der Waals surface area contributed by atoms with E-state index >= 15 is 0 Å². The Kier molecular flexibility index (Phi) is 4.01. The Hall–Kier alpha value is -1.26. The minimum absolute atomic E-state index is 0.00453. The van der Waals surface area contributed by atoms with Crippen molar-refractivity contribution in [3.05, 3.63) is 0 Å². The predicted octanol–water partition coefficient (Wildman–Crippen LogP) is 1.87. The number of hydrogen-bond donors (Lipinski definition) is 3. The molecule has 0 aliphatic heterocycles. The van der Waals surface area contributed by atoms with E-state index in [-0.39, 0.29) is 18.0 Å². The van der Waals surface area contributed by atoms with Crippen LogP contribution in [0.25, 0.3) is 0 Å². The van der Waals surface area contributed by atoms with Gasteiger partial charge in [0.25, 0.3) is 0 Å². The highest BCUT2D eigenvalue weighted by molar-refractivity contribution is 5.77. The minimum atomic E-state index is -0.858. The molecule has 5 nitrogen and oxygen atoms in total. The highest BCUT2D eigenvalue weighted by Crippen LogP contribution is 2.32. The molecule has 0 radical (unpaired) electrons. The first-order valence-corrected chi connectivity index (χ1v) is 6.05. The van der Waals surface area contributed by atoms with Gasteiger partial charge in [0, 0.05) is 5.54 Å². The fourth-order valence-electron chi connectivity index (χ4n) is 2.30. The molecule has 0 saturated heterocycles. The summed E-state index contributed by atoms with van der Waals surface area (Å²) in [6.45, 7) is 5.68. The van der Waals surface area contributed by atoms with Gasteiger partial charge in [-0.25, -0.2) is 4.79 Å². The number of carbonyl (C=O) groups excluding carboxylic acids is 1. The molecule has 0 aromatic rings. The maximum absolute atomic E-state index is 11.8. The van der Waals surface area contributed by atoms with Crippen molar-refractivity contribution < 1.29 is 14.7 Å². The average molecular weight is 242 g/mol. The van der Waals surface area contributed by atoms with Crippen molar-refractivity contribution in [1.29, 1.82) is 0 Å². The van der Waals surface area contributed by atoms with Crippen molar-refractivity contribution in [3.63, 3.8) is 0 Å². The summed E-state index contributed by atoms with van der Waals surface area (Å²) in [6.07, 6.45) is 3.45. The van der Waals surface area contributed by atoms with Crippen LogP contribution in [0.15, 0.2) is 0 Å². The number of nitrogens with one attached hydrogen (secondary N) is 2. The van der Waals surface area contributed by atoms with Crippen molar-refractivity contribution in [2.45, 2.75) is 64.0 Å². The highest BCUT2D eigenvalue weighted by atomic mass is 16.4. The Morgan fingerprint density at radius 3 is 2.18 bits per heavy atom. The molecule has 1 aliphatic carbocycles. The molecule has 2 amide bonds. The van der Waals surface area contributed by atoms with E-state index in [2.05, 4.69) is 10.6 Å². The van der Waals surface area contributed by atoms with E-state index in [1.165, 1.54) is 0 Å². The molecule has 3 N–H and O–H groups in total. The van der Waals surface area contributed by atoms with Crippen LogP contribution in [0.1, 0.15) is 52.9 Å². The van der Waals surface area contributed by atoms with Crippen molar-refractivity contribution in [3.8, 4) is 0 Å². The smallest absolute Gasteiger partial charge is 0.315 e. The molecule has 1 fully saturated rings. The summed E-state index contributed by atoms with van der Waals surface area (Å²) in [6, 6.07) is -0.277. The van der Waals surface area contributed by atoms with Crippen molar-refractivity contribution in [1.82, 2.24) is 10.6 Å². The minimum Gasteiger partial charge on any atom is -0.481 e. The summed E-state index contributed by atoms with van der Waals surface area (Å²) in [4.78, 5) is 22.6. The fraction of sp³-hybridized carbons (Fsp3) is 0.833. The van der Waals surface area contributed by atoms with E-state index in [0.29, 0.717) is 0 Å². The molecule has 98 valence electrons. The second-order valence-corrected chi connectivity index (χ2v) is 5.89. The normalized spacial score (nSPS) is 18.8. The third-order valence-electron chi connectivity index (χ3n) is 2.92. The van der Waals surface area contributed by atoms with Gasteiger partial charge < -0.3 is 15.7 Å². The lowest BCUT2D eigenvalue weighted by Gasteiger charge is -2.31. The molecule has 1 rings (SSSR count). The third-order valence-corrected chi connectivity index (χ3v) is 2.92. The molecule has 0 aromatic heterocycles. The topological polar surface area (TPSA) is 78.4 Å². The van der Waals surface area contributed by atoms with E-state index < -0.39 is 11.5 Å². The lowest BCUT2D eigenvalue weighted by atomic mass is 9.93. The van der Waals surface area contributed by atoms with Crippen LogP contribution in [-0.4, -0.2) is 28.2 Å². The van der Waals surface area contributed by atoms with Gasteiger partial charge in [0.2, 0.25) is 0 Å². The largest absolute Gasteiger partial charge is 0.481 e. The molecule has 17 heavy (non-hydrogen) atoms.